The molecule has 0 aliphatic carbocycles. The Morgan fingerprint density at radius 1 is 1.17 bits per heavy atom. The van der Waals surface area contributed by atoms with E-state index in [0.29, 0.717) is 11.9 Å². The number of ether oxygens (including phenoxy) is 1. The third-order valence-electron chi connectivity index (χ3n) is 5.97. The highest BCUT2D eigenvalue weighted by Gasteiger charge is 2.44. The highest BCUT2D eigenvalue weighted by molar-refractivity contribution is 8.14. The minimum atomic E-state index is 0.00282. The summed E-state index contributed by atoms with van der Waals surface area (Å²) >= 11 is 1.87. The zero-order valence-electron chi connectivity index (χ0n) is 17.1. The highest BCUT2D eigenvalue weighted by Crippen LogP contribution is 2.50. The normalized spacial score (nSPS) is 26.0. The Hall–Kier alpha value is -2.21. The maximum absolute atomic E-state index is 6.18. The zero-order chi connectivity index (χ0) is 19.8. The van der Waals surface area contributed by atoms with E-state index in [2.05, 4.69) is 59.0 Å². The lowest BCUT2D eigenvalue weighted by atomic mass is 9.95. The van der Waals surface area contributed by atoms with Gasteiger partial charge in [-0.15, -0.1) is 0 Å². The fourth-order valence-corrected chi connectivity index (χ4v) is 5.77. The first kappa shape index (κ1) is 18.8. The Balaban J connectivity index is 1.56. The molecule has 0 amide bonds. The van der Waals surface area contributed by atoms with Crippen LogP contribution < -0.4 is 9.64 Å². The van der Waals surface area contributed by atoms with E-state index in [1.165, 1.54) is 24.1 Å². The molecule has 0 unspecified atom stereocenters. The van der Waals surface area contributed by atoms with E-state index in [-0.39, 0.29) is 12.1 Å². The molecule has 2 saturated heterocycles. The van der Waals surface area contributed by atoms with Crippen LogP contribution in [0.15, 0.2) is 47.6 Å². The molecule has 5 nitrogen and oxygen atoms in total. The molecular weight excluding hydrogens is 380 g/mol. The number of aromatic nitrogens is 1. The van der Waals surface area contributed by atoms with Crippen LogP contribution in [0.2, 0.25) is 0 Å². The SMILES string of the molecule is CCOc1cc(N2CCCC2)ccc1[C@@H]1[C@@H](c2ccccn2)N=C2S[C@H](C)CN21. The van der Waals surface area contributed by atoms with Gasteiger partial charge in [0.05, 0.1) is 18.3 Å². The molecule has 0 N–H and O–H groups in total. The number of amidine groups is 1. The van der Waals surface area contributed by atoms with Crippen LogP contribution in [0.1, 0.15) is 50.0 Å². The summed E-state index contributed by atoms with van der Waals surface area (Å²) in [5, 5.41) is 1.70. The Labute approximate surface area is 177 Å². The quantitative estimate of drug-likeness (QED) is 0.719. The molecule has 2 aromatic rings. The van der Waals surface area contributed by atoms with Crippen LogP contribution in [0.4, 0.5) is 5.69 Å². The first-order valence-corrected chi connectivity index (χ1v) is 11.6. The molecule has 29 heavy (non-hydrogen) atoms. The van der Waals surface area contributed by atoms with Gasteiger partial charge in [-0.05, 0) is 38.0 Å². The van der Waals surface area contributed by atoms with Crippen molar-refractivity contribution >= 4 is 22.6 Å². The number of fused-ring (bicyclic) bond motifs is 1. The number of hydrogen-bond donors (Lipinski definition) is 0. The number of nitrogens with zero attached hydrogens (tertiary/aromatic N) is 4. The average Bonchev–Trinajstić information content (AvgIpc) is 3.45. The van der Waals surface area contributed by atoms with Crippen LogP contribution >= 0.6 is 11.8 Å². The minimum Gasteiger partial charge on any atom is -0.493 e. The maximum atomic E-state index is 6.18. The summed E-state index contributed by atoms with van der Waals surface area (Å²) in [6.45, 7) is 8.29. The molecule has 1 aromatic heterocycles. The monoisotopic (exact) mass is 408 g/mol. The number of benzene rings is 1. The van der Waals surface area contributed by atoms with Gasteiger partial charge in [-0.1, -0.05) is 30.8 Å². The van der Waals surface area contributed by atoms with Gasteiger partial charge in [0.1, 0.15) is 11.8 Å². The van der Waals surface area contributed by atoms with Crippen LogP contribution in [0.25, 0.3) is 0 Å². The van der Waals surface area contributed by atoms with Crippen LogP contribution in [-0.2, 0) is 0 Å². The molecule has 3 aliphatic rings. The van der Waals surface area contributed by atoms with E-state index >= 15 is 0 Å². The fourth-order valence-electron chi connectivity index (χ4n) is 4.67. The van der Waals surface area contributed by atoms with Gasteiger partial charge in [-0.25, -0.2) is 0 Å². The van der Waals surface area contributed by atoms with Crippen molar-refractivity contribution in [3.8, 4) is 5.75 Å². The van der Waals surface area contributed by atoms with Gasteiger partial charge in [0, 0.05) is 48.4 Å². The number of hydrogen-bond acceptors (Lipinski definition) is 6. The van der Waals surface area contributed by atoms with Crippen molar-refractivity contribution in [2.75, 3.05) is 31.1 Å². The van der Waals surface area contributed by atoms with Gasteiger partial charge in [0.15, 0.2) is 5.17 Å². The second-order valence-electron chi connectivity index (χ2n) is 7.99. The van der Waals surface area contributed by atoms with E-state index in [0.717, 1.165) is 36.2 Å². The topological polar surface area (TPSA) is 41.0 Å². The second kappa shape index (κ2) is 7.90. The predicted octanol–water partition coefficient (Wildman–Crippen LogP) is 4.67. The Morgan fingerprint density at radius 2 is 2.03 bits per heavy atom. The van der Waals surface area contributed by atoms with Crippen LogP contribution in [0.5, 0.6) is 5.75 Å². The molecule has 3 aliphatic heterocycles. The molecule has 5 rings (SSSR count). The van der Waals surface area contributed by atoms with Crippen molar-refractivity contribution in [1.29, 1.82) is 0 Å². The van der Waals surface area contributed by atoms with Crippen molar-refractivity contribution < 1.29 is 4.74 Å². The summed E-state index contributed by atoms with van der Waals surface area (Å²) in [6, 6.07) is 13.0. The lowest BCUT2D eigenvalue weighted by molar-refractivity contribution is 0.292. The molecule has 2 fully saturated rings. The number of pyridine rings is 1. The van der Waals surface area contributed by atoms with E-state index in [1.54, 1.807) is 0 Å². The first-order chi connectivity index (χ1) is 14.2. The number of rotatable bonds is 5. The lowest BCUT2D eigenvalue weighted by Gasteiger charge is -2.29. The Kier molecular flexibility index (Phi) is 5.12. The van der Waals surface area contributed by atoms with E-state index < -0.39 is 0 Å². The third-order valence-corrected chi connectivity index (χ3v) is 7.07. The van der Waals surface area contributed by atoms with Gasteiger partial charge < -0.3 is 14.5 Å². The molecule has 0 bridgehead atoms. The molecule has 0 spiro atoms. The molecule has 0 radical (unpaired) electrons. The summed E-state index contributed by atoms with van der Waals surface area (Å²) in [6.07, 6.45) is 4.41. The van der Waals surface area contributed by atoms with Gasteiger partial charge >= 0.3 is 0 Å². The maximum Gasteiger partial charge on any atom is 0.160 e. The van der Waals surface area contributed by atoms with Gasteiger partial charge in [0.2, 0.25) is 0 Å². The number of aliphatic imine (C=N–C) groups is 1. The zero-order valence-corrected chi connectivity index (χ0v) is 17.9. The number of anilines is 1. The van der Waals surface area contributed by atoms with Crippen molar-refractivity contribution in [3.05, 3.63) is 53.9 Å². The lowest BCUT2D eigenvalue weighted by Crippen LogP contribution is -2.29. The standard InChI is InChI=1S/C23H28N4OS/c1-3-28-20-14-17(26-12-6-7-13-26)9-10-18(20)22-21(19-8-4-5-11-24-19)25-23-27(22)15-16(2)29-23/h4-5,8-11,14,16,21-22H,3,6-7,12-13,15H2,1-2H3/t16-,21-,22-/m1/s1. The predicted molar refractivity (Wildman–Crippen MR) is 120 cm³/mol. The summed E-state index contributed by atoms with van der Waals surface area (Å²) in [5.41, 5.74) is 3.52. The van der Waals surface area contributed by atoms with Crippen LogP contribution in [0.3, 0.4) is 0 Å². The van der Waals surface area contributed by atoms with Gasteiger partial charge in [-0.3, -0.25) is 9.98 Å². The van der Waals surface area contributed by atoms with Crippen molar-refractivity contribution in [1.82, 2.24) is 9.88 Å². The summed E-state index contributed by atoms with van der Waals surface area (Å²) in [4.78, 5) is 14.7. The van der Waals surface area contributed by atoms with Crippen molar-refractivity contribution in [3.63, 3.8) is 0 Å². The van der Waals surface area contributed by atoms with Crippen molar-refractivity contribution in [2.45, 2.75) is 44.0 Å². The molecule has 4 heterocycles. The average molecular weight is 409 g/mol. The molecule has 152 valence electrons. The first-order valence-electron chi connectivity index (χ1n) is 10.7. The van der Waals surface area contributed by atoms with Gasteiger partial charge in [0.25, 0.3) is 0 Å². The molecular formula is C23H28N4OS. The third kappa shape index (κ3) is 3.48. The fraction of sp³-hybridized carbons (Fsp3) is 0.478. The molecule has 3 atom stereocenters. The summed E-state index contributed by atoms with van der Waals surface area (Å²) < 4.78 is 6.18. The highest BCUT2D eigenvalue weighted by atomic mass is 32.2. The van der Waals surface area contributed by atoms with E-state index in [9.17, 15) is 0 Å². The molecule has 0 saturated carbocycles. The Morgan fingerprint density at radius 3 is 2.79 bits per heavy atom. The van der Waals surface area contributed by atoms with Crippen LogP contribution in [-0.4, -0.2) is 46.5 Å². The summed E-state index contributed by atoms with van der Waals surface area (Å²) in [5.74, 6) is 0.990. The Bertz CT molecular complexity index is 897. The van der Waals surface area contributed by atoms with Gasteiger partial charge in [-0.2, -0.15) is 0 Å². The molecule has 1 aromatic carbocycles. The van der Waals surface area contributed by atoms with E-state index in [1.807, 2.05) is 24.0 Å². The van der Waals surface area contributed by atoms with Crippen LogP contribution in [0, 0.1) is 0 Å². The van der Waals surface area contributed by atoms with Crippen molar-refractivity contribution in [2.24, 2.45) is 4.99 Å². The second-order valence-corrected chi connectivity index (χ2v) is 9.39. The largest absolute Gasteiger partial charge is 0.493 e. The smallest absolute Gasteiger partial charge is 0.160 e. The summed E-state index contributed by atoms with van der Waals surface area (Å²) in [7, 11) is 0. The number of thioether (sulfide) groups is 1. The minimum absolute atomic E-state index is 0.00282. The molecule has 6 heteroatoms. The van der Waals surface area contributed by atoms with E-state index in [4.69, 9.17) is 9.73 Å².